The summed E-state index contributed by atoms with van der Waals surface area (Å²) in [5, 5.41) is 19.3. The lowest BCUT2D eigenvalue weighted by Crippen LogP contribution is -2.24. The van der Waals surface area contributed by atoms with Crippen LogP contribution in [0.1, 0.15) is 49.7 Å². The van der Waals surface area contributed by atoms with Gasteiger partial charge in [-0.1, -0.05) is 48.9 Å². The minimum Gasteiger partial charge on any atom is -0.481 e. The first-order valence-electron chi connectivity index (χ1n) is 11.3. The highest BCUT2D eigenvalue weighted by atomic mass is 19.1. The quantitative estimate of drug-likeness (QED) is 0.546. The van der Waals surface area contributed by atoms with Gasteiger partial charge in [0.15, 0.2) is 0 Å². The number of aliphatic hydroxyl groups excluding tert-OH is 1. The number of aliphatic hydroxyl groups is 1. The van der Waals surface area contributed by atoms with Gasteiger partial charge in [-0.2, -0.15) is 0 Å². The van der Waals surface area contributed by atoms with Crippen LogP contribution in [0.25, 0.3) is 5.57 Å². The number of carboxylic acid groups (broad SMARTS) is 1. The van der Waals surface area contributed by atoms with Crippen LogP contribution in [0.3, 0.4) is 0 Å². The molecule has 2 N–H and O–H groups in total. The van der Waals surface area contributed by atoms with E-state index in [2.05, 4.69) is 6.07 Å². The van der Waals surface area contributed by atoms with Crippen LogP contribution in [0, 0.1) is 11.7 Å². The zero-order valence-electron chi connectivity index (χ0n) is 18.0. The Morgan fingerprint density at radius 3 is 2.59 bits per heavy atom. The van der Waals surface area contributed by atoms with E-state index in [0.29, 0.717) is 25.2 Å². The SMILES string of the molecule is O=C(O)CCCC(O)/C=C/C1=C(c2ccc(F)cc2)Cc2ccccc2N=C1C1CCC1. The summed E-state index contributed by atoms with van der Waals surface area (Å²) in [6.07, 6.45) is 7.79. The topological polar surface area (TPSA) is 69.9 Å². The Morgan fingerprint density at radius 2 is 1.91 bits per heavy atom. The Morgan fingerprint density at radius 1 is 1.16 bits per heavy atom. The molecule has 0 aromatic heterocycles. The molecule has 1 heterocycles. The van der Waals surface area contributed by atoms with Gasteiger partial charge in [-0.05, 0) is 60.6 Å². The van der Waals surface area contributed by atoms with Crippen LogP contribution >= 0.6 is 0 Å². The van der Waals surface area contributed by atoms with Gasteiger partial charge in [-0.15, -0.1) is 0 Å². The van der Waals surface area contributed by atoms with E-state index in [-0.39, 0.29) is 12.2 Å². The zero-order valence-corrected chi connectivity index (χ0v) is 18.0. The van der Waals surface area contributed by atoms with Crippen molar-refractivity contribution >= 4 is 22.9 Å². The minimum atomic E-state index is -0.858. The van der Waals surface area contributed by atoms with E-state index in [1.54, 1.807) is 18.2 Å². The van der Waals surface area contributed by atoms with E-state index in [9.17, 15) is 14.3 Å². The Balaban J connectivity index is 1.75. The van der Waals surface area contributed by atoms with Gasteiger partial charge in [-0.3, -0.25) is 9.79 Å². The standard InChI is InChI=1S/C27H28FNO3/c28-21-13-11-18(12-14-21)24-17-20-5-1-2-9-25(20)29-27(19-6-3-7-19)23(24)16-15-22(30)8-4-10-26(31)32/h1-2,5,9,11-16,19,22,30H,3-4,6-8,10,17H2,(H,31,32)/b16-15+. The molecular formula is C27H28FNO3. The fourth-order valence-corrected chi connectivity index (χ4v) is 4.25. The highest BCUT2D eigenvalue weighted by Crippen LogP contribution is 2.39. The molecule has 0 bridgehead atoms. The molecule has 4 nitrogen and oxygen atoms in total. The number of para-hydroxylation sites is 1. The Hall–Kier alpha value is -3.05. The Bertz CT molecular complexity index is 1060. The first-order chi connectivity index (χ1) is 15.5. The lowest BCUT2D eigenvalue weighted by Gasteiger charge is -2.28. The smallest absolute Gasteiger partial charge is 0.303 e. The highest BCUT2D eigenvalue weighted by molar-refractivity contribution is 6.12. The second-order valence-electron chi connectivity index (χ2n) is 8.54. The van der Waals surface area contributed by atoms with E-state index in [0.717, 1.165) is 46.5 Å². The monoisotopic (exact) mass is 433 g/mol. The average molecular weight is 434 g/mol. The number of aliphatic carboxylic acids is 1. The minimum absolute atomic E-state index is 0.0402. The van der Waals surface area contributed by atoms with Gasteiger partial charge in [0.2, 0.25) is 0 Å². The van der Waals surface area contributed by atoms with E-state index in [1.807, 2.05) is 24.3 Å². The van der Waals surface area contributed by atoms with Crippen molar-refractivity contribution in [3.63, 3.8) is 0 Å². The lowest BCUT2D eigenvalue weighted by molar-refractivity contribution is -0.137. The summed E-state index contributed by atoms with van der Waals surface area (Å²) < 4.78 is 13.6. The van der Waals surface area contributed by atoms with Crippen molar-refractivity contribution in [3.8, 4) is 0 Å². The van der Waals surface area contributed by atoms with E-state index >= 15 is 0 Å². The van der Waals surface area contributed by atoms with Gasteiger partial charge >= 0.3 is 5.97 Å². The Kier molecular flexibility index (Phi) is 6.96. The van der Waals surface area contributed by atoms with Crippen molar-refractivity contribution in [2.75, 3.05) is 0 Å². The van der Waals surface area contributed by atoms with Gasteiger partial charge < -0.3 is 10.2 Å². The summed E-state index contributed by atoms with van der Waals surface area (Å²) >= 11 is 0. The predicted octanol–water partition coefficient (Wildman–Crippen LogP) is 5.88. The molecule has 5 heteroatoms. The van der Waals surface area contributed by atoms with Crippen LogP contribution in [0.5, 0.6) is 0 Å². The second kappa shape index (κ2) is 10.0. The number of halogens is 1. The van der Waals surface area contributed by atoms with Crippen LogP contribution in [-0.4, -0.2) is 28.0 Å². The molecule has 1 saturated carbocycles. The number of hydrogen-bond acceptors (Lipinski definition) is 3. The molecule has 2 aromatic carbocycles. The first-order valence-corrected chi connectivity index (χ1v) is 11.3. The summed E-state index contributed by atoms with van der Waals surface area (Å²) in [4.78, 5) is 15.8. The maximum absolute atomic E-state index is 13.6. The fraction of sp³-hybridized carbons (Fsp3) is 0.333. The number of aliphatic imine (C=N–C) groups is 1. The van der Waals surface area contributed by atoms with Crippen LogP contribution in [0.2, 0.25) is 0 Å². The van der Waals surface area contributed by atoms with Gasteiger partial charge in [0.25, 0.3) is 0 Å². The van der Waals surface area contributed by atoms with E-state index < -0.39 is 12.1 Å². The van der Waals surface area contributed by atoms with Gasteiger partial charge in [0.1, 0.15) is 5.82 Å². The third-order valence-corrected chi connectivity index (χ3v) is 6.26. The molecule has 166 valence electrons. The number of fused-ring (bicyclic) bond motifs is 1. The van der Waals surface area contributed by atoms with Crippen molar-refractivity contribution in [1.82, 2.24) is 0 Å². The molecule has 0 spiro atoms. The maximum Gasteiger partial charge on any atom is 0.303 e. The highest BCUT2D eigenvalue weighted by Gasteiger charge is 2.29. The van der Waals surface area contributed by atoms with Crippen molar-refractivity contribution in [3.05, 3.63) is 83.2 Å². The zero-order chi connectivity index (χ0) is 22.5. The number of carbonyl (C=O) groups is 1. The third-order valence-electron chi connectivity index (χ3n) is 6.26. The summed E-state index contributed by atoms with van der Waals surface area (Å²) in [7, 11) is 0. The summed E-state index contributed by atoms with van der Waals surface area (Å²) in [6.45, 7) is 0. The van der Waals surface area contributed by atoms with E-state index in [4.69, 9.17) is 10.1 Å². The molecule has 1 fully saturated rings. The van der Waals surface area contributed by atoms with Gasteiger partial charge in [0.05, 0.1) is 17.5 Å². The molecule has 0 radical (unpaired) electrons. The summed E-state index contributed by atoms with van der Waals surface area (Å²) in [5.41, 5.74) is 6.09. The van der Waals surface area contributed by atoms with Crippen molar-refractivity contribution < 1.29 is 19.4 Å². The predicted molar refractivity (Wildman–Crippen MR) is 125 cm³/mol. The van der Waals surface area contributed by atoms with Crippen LogP contribution in [-0.2, 0) is 11.2 Å². The molecule has 2 aromatic rings. The molecule has 1 atom stereocenters. The van der Waals surface area contributed by atoms with Gasteiger partial charge in [-0.25, -0.2) is 4.39 Å². The number of nitrogens with zero attached hydrogens (tertiary/aromatic N) is 1. The molecule has 0 saturated heterocycles. The largest absolute Gasteiger partial charge is 0.481 e. The number of benzene rings is 2. The molecule has 4 rings (SSSR count). The first kappa shape index (κ1) is 22.2. The molecule has 2 aliphatic rings. The summed E-state index contributed by atoms with van der Waals surface area (Å²) in [6, 6.07) is 14.7. The van der Waals surface area contributed by atoms with Crippen molar-refractivity contribution in [2.45, 2.75) is 51.0 Å². The normalized spacial score (nSPS) is 17.5. The average Bonchev–Trinajstić information content (AvgIpc) is 2.88. The van der Waals surface area contributed by atoms with Crippen LogP contribution in [0.4, 0.5) is 10.1 Å². The molecule has 1 aliphatic heterocycles. The van der Waals surface area contributed by atoms with E-state index in [1.165, 1.54) is 18.6 Å². The fourth-order valence-electron chi connectivity index (χ4n) is 4.25. The lowest BCUT2D eigenvalue weighted by atomic mass is 9.77. The number of allylic oxidation sites excluding steroid dienone is 3. The number of rotatable bonds is 8. The molecule has 32 heavy (non-hydrogen) atoms. The Labute approximate surface area is 187 Å². The van der Waals surface area contributed by atoms with Crippen molar-refractivity contribution in [2.24, 2.45) is 10.9 Å². The molecule has 0 amide bonds. The van der Waals surface area contributed by atoms with Crippen molar-refractivity contribution in [1.29, 1.82) is 0 Å². The van der Waals surface area contributed by atoms with Gasteiger partial charge in [0, 0.05) is 24.3 Å². The van der Waals surface area contributed by atoms with Crippen LogP contribution in [0.15, 0.2) is 71.2 Å². The molecule has 1 aliphatic carbocycles. The second-order valence-corrected chi connectivity index (χ2v) is 8.54. The molecule has 1 unspecified atom stereocenters. The number of carboxylic acids is 1. The summed E-state index contributed by atoms with van der Waals surface area (Å²) in [5.74, 6) is -0.772. The third kappa shape index (κ3) is 5.22. The maximum atomic E-state index is 13.6. The molecular weight excluding hydrogens is 405 g/mol. The number of hydrogen-bond donors (Lipinski definition) is 2. The van der Waals surface area contributed by atoms with Crippen LogP contribution < -0.4 is 0 Å².